The Bertz CT molecular complexity index is 420. The zero-order valence-electron chi connectivity index (χ0n) is 15.8. The fraction of sp³-hybridized carbons (Fsp3) is 0.737. The molecule has 0 unspecified atom stereocenters. The quantitative estimate of drug-likeness (QED) is 0.229. The standard InChI is InChI=1S/C19H33NO6/c1-2-3-4-5-6-7-8-9-10-11-12-13-20(14-17(21)22,15-18(23)24)16-19(25)26/h6-7H,2-5,8-16H2,1H3,(H2-,21,22,23,24,25,26)/b7-6+. The normalized spacial score (nSPS) is 11.7. The lowest BCUT2D eigenvalue weighted by Crippen LogP contribution is -2.59. The molecule has 0 aromatic carbocycles. The second-order valence-corrected chi connectivity index (χ2v) is 6.87. The topological polar surface area (TPSA) is 115 Å². The van der Waals surface area contributed by atoms with Crippen molar-refractivity contribution in [1.82, 2.24) is 0 Å². The van der Waals surface area contributed by atoms with Gasteiger partial charge in [-0.1, -0.05) is 38.3 Å². The Morgan fingerprint density at radius 3 is 1.77 bits per heavy atom. The predicted octanol–water partition coefficient (Wildman–Crippen LogP) is 1.81. The number of quaternary nitrogens is 1. The van der Waals surface area contributed by atoms with Crippen molar-refractivity contribution >= 4 is 17.9 Å². The third kappa shape index (κ3) is 13.4. The Kier molecular flexibility index (Phi) is 13.3. The van der Waals surface area contributed by atoms with Crippen LogP contribution in [0.25, 0.3) is 0 Å². The molecule has 0 atom stereocenters. The minimum Gasteiger partial charge on any atom is -0.544 e. The number of carbonyl (C=O) groups excluding carboxylic acids is 1. The average molecular weight is 371 g/mol. The van der Waals surface area contributed by atoms with Crippen LogP contribution in [0.3, 0.4) is 0 Å². The van der Waals surface area contributed by atoms with E-state index in [1.807, 2.05) is 0 Å². The van der Waals surface area contributed by atoms with Gasteiger partial charge in [0.2, 0.25) is 0 Å². The van der Waals surface area contributed by atoms with Gasteiger partial charge in [-0.15, -0.1) is 0 Å². The van der Waals surface area contributed by atoms with Crippen LogP contribution in [0.1, 0.15) is 64.7 Å². The molecule has 0 radical (unpaired) electrons. The lowest BCUT2D eigenvalue weighted by molar-refractivity contribution is -0.909. The molecule has 0 aliphatic carbocycles. The van der Waals surface area contributed by atoms with Gasteiger partial charge in [-0.05, 0) is 38.5 Å². The third-order valence-corrected chi connectivity index (χ3v) is 4.30. The maximum absolute atomic E-state index is 11.0. The number of nitrogens with zero attached hydrogens (tertiary/aromatic N) is 1. The summed E-state index contributed by atoms with van der Waals surface area (Å²) in [5, 5.41) is 29.0. The third-order valence-electron chi connectivity index (χ3n) is 4.30. The van der Waals surface area contributed by atoms with Gasteiger partial charge < -0.3 is 24.6 Å². The molecule has 7 heteroatoms. The molecule has 150 valence electrons. The maximum atomic E-state index is 11.0. The fourth-order valence-corrected chi connectivity index (χ4v) is 3.06. The van der Waals surface area contributed by atoms with Crippen molar-refractivity contribution in [1.29, 1.82) is 0 Å². The lowest BCUT2D eigenvalue weighted by atomic mass is 10.1. The maximum Gasteiger partial charge on any atom is 0.359 e. The van der Waals surface area contributed by atoms with E-state index in [1.165, 1.54) is 19.3 Å². The fourth-order valence-electron chi connectivity index (χ4n) is 3.06. The van der Waals surface area contributed by atoms with Crippen molar-refractivity contribution in [2.24, 2.45) is 0 Å². The smallest absolute Gasteiger partial charge is 0.359 e. The number of rotatable bonds is 17. The van der Waals surface area contributed by atoms with Crippen molar-refractivity contribution in [3.63, 3.8) is 0 Å². The van der Waals surface area contributed by atoms with E-state index in [9.17, 15) is 19.5 Å². The SMILES string of the molecule is CCCCC/C=C/CCCCCC[N+](CC(=O)[O-])(CC(=O)O)CC(=O)O. The van der Waals surface area contributed by atoms with Crippen LogP contribution in [0.4, 0.5) is 0 Å². The van der Waals surface area contributed by atoms with Crippen LogP contribution in [0.5, 0.6) is 0 Å². The van der Waals surface area contributed by atoms with Crippen molar-refractivity contribution in [3.05, 3.63) is 12.2 Å². The van der Waals surface area contributed by atoms with Crippen molar-refractivity contribution in [2.45, 2.75) is 64.7 Å². The zero-order valence-corrected chi connectivity index (χ0v) is 15.8. The minimum absolute atomic E-state index is 0.208. The van der Waals surface area contributed by atoms with Crippen molar-refractivity contribution in [3.8, 4) is 0 Å². The number of carboxylic acid groups (broad SMARTS) is 3. The van der Waals surface area contributed by atoms with E-state index in [4.69, 9.17) is 10.2 Å². The van der Waals surface area contributed by atoms with Crippen LogP contribution in [-0.2, 0) is 14.4 Å². The van der Waals surface area contributed by atoms with Gasteiger partial charge in [-0.25, -0.2) is 9.59 Å². The number of hydrogen-bond acceptors (Lipinski definition) is 4. The van der Waals surface area contributed by atoms with Gasteiger partial charge in [0.25, 0.3) is 0 Å². The summed E-state index contributed by atoms with van der Waals surface area (Å²) in [7, 11) is 0. The highest BCUT2D eigenvalue weighted by Crippen LogP contribution is 2.12. The largest absolute Gasteiger partial charge is 0.544 e. The van der Waals surface area contributed by atoms with E-state index < -0.39 is 42.0 Å². The van der Waals surface area contributed by atoms with Gasteiger partial charge >= 0.3 is 11.9 Å². The van der Waals surface area contributed by atoms with Gasteiger partial charge in [0.15, 0.2) is 13.1 Å². The number of hydrogen-bond donors (Lipinski definition) is 2. The summed E-state index contributed by atoms with van der Waals surface area (Å²) in [4.78, 5) is 33.1. The van der Waals surface area contributed by atoms with Crippen molar-refractivity contribution < 1.29 is 34.2 Å². The highest BCUT2D eigenvalue weighted by Gasteiger charge is 2.33. The summed E-state index contributed by atoms with van der Waals surface area (Å²) >= 11 is 0. The molecule has 0 amide bonds. The van der Waals surface area contributed by atoms with E-state index in [1.54, 1.807) is 0 Å². The van der Waals surface area contributed by atoms with Crippen LogP contribution in [0, 0.1) is 0 Å². The molecule has 0 bridgehead atoms. The minimum atomic E-state index is -1.43. The predicted molar refractivity (Wildman–Crippen MR) is 96.4 cm³/mol. The summed E-state index contributed by atoms with van der Waals surface area (Å²) in [6.45, 7) is 0.733. The van der Waals surface area contributed by atoms with E-state index in [0.717, 1.165) is 32.1 Å². The first kappa shape index (κ1) is 24.1. The molecule has 0 aromatic rings. The summed E-state index contributed by atoms with van der Waals surface area (Å²) in [6, 6.07) is 0. The average Bonchev–Trinajstić information content (AvgIpc) is 2.50. The Morgan fingerprint density at radius 2 is 1.31 bits per heavy atom. The monoisotopic (exact) mass is 371 g/mol. The Hall–Kier alpha value is -1.89. The van der Waals surface area contributed by atoms with E-state index >= 15 is 0 Å². The number of unbranched alkanes of at least 4 members (excludes halogenated alkanes) is 7. The molecule has 0 saturated carbocycles. The van der Waals surface area contributed by atoms with Gasteiger partial charge in [-0.2, -0.15) is 0 Å². The molecule has 26 heavy (non-hydrogen) atoms. The first-order valence-electron chi connectivity index (χ1n) is 9.45. The molecule has 2 N–H and O–H groups in total. The zero-order chi connectivity index (χ0) is 19.8. The molecule has 0 aromatic heterocycles. The Morgan fingerprint density at radius 1 is 0.808 bits per heavy atom. The number of carboxylic acids is 3. The molecular weight excluding hydrogens is 338 g/mol. The first-order valence-corrected chi connectivity index (χ1v) is 9.45. The Labute approximate surface area is 155 Å². The van der Waals surface area contributed by atoms with Crippen LogP contribution in [0.15, 0.2) is 12.2 Å². The molecule has 0 aliphatic heterocycles. The molecule has 0 aliphatic rings. The summed E-state index contributed by atoms with van der Waals surface area (Å²) < 4.78 is -0.510. The Balaban J connectivity index is 4.25. The van der Waals surface area contributed by atoms with Crippen LogP contribution in [0.2, 0.25) is 0 Å². The highest BCUT2D eigenvalue weighted by molar-refractivity contribution is 5.72. The molecule has 7 nitrogen and oxygen atoms in total. The summed E-state index contributed by atoms with van der Waals surface area (Å²) in [5.41, 5.74) is 0. The van der Waals surface area contributed by atoms with Crippen LogP contribution in [-0.4, -0.2) is 58.8 Å². The molecular formula is C19H33NO6. The summed E-state index contributed by atoms with van der Waals surface area (Å²) in [6.07, 6.45) is 13.6. The van der Waals surface area contributed by atoms with Crippen LogP contribution < -0.4 is 5.11 Å². The molecule has 0 spiro atoms. The molecule has 0 saturated heterocycles. The number of aliphatic carboxylic acids is 3. The molecule has 0 fully saturated rings. The second-order valence-electron chi connectivity index (χ2n) is 6.87. The summed E-state index contributed by atoms with van der Waals surface area (Å²) in [5.74, 6) is -3.85. The molecule has 0 rings (SSSR count). The highest BCUT2D eigenvalue weighted by atomic mass is 16.4. The molecule has 0 heterocycles. The number of carbonyl (C=O) groups is 3. The van der Waals surface area contributed by atoms with Crippen LogP contribution >= 0.6 is 0 Å². The van der Waals surface area contributed by atoms with Gasteiger partial charge in [0.05, 0.1) is 12.5 Å². The van der Waals surface area contributed by atoms with Crippen molar-refractivity contribution in [2.75, 3.05) is 26.2 Å². The van der Waals surface area contributed by atoms with E-state index in [2.05, 4.69) is 19.1 Å². The van der Waals surface area contributed by atoms with E-state index in [0.29, 0.717) is 6.42 Å². The van der Waals surface area contributed by atoms with Gasteiger partial charge in [0, 0.05) is 0 Å². The first-order chi connectivity index (χ1) is 12.3. The van der Waals surface area contributed by atoms with Gasteiger partial charge in [-0.3, -0.25) is 0 Å². The van der Waals surface area contributed by atoms with Gasteiger partial charge in [0.1, 0.15) is 6.54 Å². The lowest BCUT2D eigenvalue weighted by Gasteiger charge is -2.36. The number of allylic oxidation sites excluding steroid dienone is 2. The second kappa shape index (κ2) is 14.3. The van der Waals surface area contributed by atoms with E-state index in [-0.39, 0.29) is 6.54 Å².